The summed E-state index contributed by atoms with van der Waals surface area (Å²) in [5.41, 5.74) is 0. The van der Waals surface area contributed by atoms with E-state index in [1.165, 1.54) is 19.8 Å². The Bertz CT molecular complexity index is 257. The SMILES string of the molecule is CC(C)CCCCOC(C)(C)O.CC(O)CC(=O)C=N. The number of ketones is 1. The van der Waals surface area contributed by atoms with E-state index in [-0.39, 0.29) is 12.2 Å². The van der Waals surface area contributed by atoms with Crippen molar-refractivity contribution in [1.82, 2.24) is 0 Å². The van der Waals surface area contributed by atoms with Gasteiger partial charge in [0.15, 0.2) is 11.6 Å². The lowest BCUT2D eigenvalue weighted by atomic mass is 10.1. The molecule has 0 aliphatic heterocycles. The lowest BCUT2D eigenvalue weighted by Gasteiger charge is -2.17. The first-order valence-electron chi connectivity index (χ1n) is 7.16. The molecule has 0 rings (SSSR count). The molecule has 5 nitrogen and oxygen atoms in total. The van der Waals surface area contributed by atoms with Crippen LogP contribution in [0.3, 0.4) is 0 Å². The Kier molecular flexibility index (Phi) is 12.9. The molecule has 0 aromatic heterocycles. The number of carbonyl (C=O) groups is 1. The highest BCUT2D eigenvalue weighted by atomic mass is 16.6. The molecule has 0 aliphatic carbocycles. The van der Waals surface area contributed by atoms with E-state index in [2.05, 4.69) is 13.8 Å². The minimum Gasteiger partial charge on any atom is -0.393 e. The number of unbranched alkanes of at least 4 members (excludes halogenated alkanes) is 1. The Balaban J connectivity index is 0. The van der Waals surface area contributed by atoms with E-state index < -0.39 is 11.9 Å². The molecule has 0 fully saturated rings. The van der Waals surface area contributed by atoms with Crippen LogP contribution in [-0.4, -0.2) is 40.7 Å². The molecular formula is C15H31NO4. The summed E-state index contributed by atoms with van der Waals surface area (Å²) in [6.45, 7) is 9.94. The van der Waals surface area contributed by atoms with E-state index in [0.717, 1.165) is 12.3 Å². The van der Waals surface area contributed by atoms with Crippen LogP contribution in [0, 0.1) is 11.3 Å². The van der Waals surface area contributed by atoms with E-state index in [4.69, 9.17) is 15.3 Å². The quantitative estimate of drug-likeness (QED) is 0.345. The highest BCUT2D eigenvalue weighted by Gasteiger charge is 2.10. The second kappa shape index (κ2) is 12.0. The van der Waals surface area contributed by atoms with E-state index in [9.17, 15) is 9.90 Å². The molecule has 20 heavy (non-hydrogen) atoms. The smallest absolute Gasteiger partial charge is 0.175 e. The molecule has 1 unspecified atom stereocenters. The average Bonchev–Trinajstić information content (AvgIpc) is 2.26. The lowest BCUT2D eigenvalue weighted by molar-refractivity contribution is -0.176. The molecule has 0 saturated heterocycles. The monoisotopic (exact) mass is 289 g/mol. The molecule has 0 aliphatic rings. The largest absolute Gasteiger partial charge is 0.393 e. The first-order valence-corrected chi connectivity index (χ1v) is 7.16. The minimum atomic E-state index is -0.960. The molecule has 0 aromatic rings. The second-order valence-electron chi connectivity index (χ2n) is 5.85. The number of aliphatic hydroxyl groups excluding tert-OH is 1. The van der Waals surface area contributed by atoms with Crippen molar-refractivity contribution in [3.63, 3.8) is 0 Å². The summed E-state index contributed by atoms with van der Waals surface area (Å²) in [4.78, 5) is 10.2. The number of ether oxygens (including phenoxy) is 1. The van der Waals surface area contributed by atoms with Crippen molar-refractivity contribution in [3.8, 4) is 0 Å². The van der Waals surface area contributed by atoms with Crippen molar-refractivity contribution in [3.05, 3.63) is 0 Å². The maximum Gasteiger partial charge on any atom is 0.175 e. The zero-order valence-electron chi connectivity index (χ0n) is 13.5. The van der Waals surface area contributed by atoms with Gasteiger partial charge in [0.1, 0.15) is 0 Å². The maximum atomic E-state index is 10.2. The number of nitrogens with one attached hydrogen (secondary N) is 1. The summed E-state index contributed by atoms with van der Waals surface area (Å²) in [5.74, 6) is -0.523. The van der Waals surface area contributed by atoms with Crippen LogP contribution in [0.4, 0.5) is 0 Å². The molecule has 120 valence electrons. The third-order valence-corrected chi connectivity index (χ3v) is 2.29. The first kappa shape index (κ1) is 21.5. The predicted octanol–water partition coefficient (Wildman–Crippen LogP) is 2.53. The van der Waals surface area contributed by atoms with Crippen molar-refractivity contribution in [2.45, 2.75) is 72.2 Å². The van der Waals surface area contributed by atoms with Gasteiger partial charge in [0.2, 0.25) is 0 Å². The molecule has 0 bridgehead atoms. The van der Waals surface area contributed by atoms with Gasteiger partial charge >= 0.3 is 0 Å². The number of rotatable bonds is 9. The number of hydrogen-bond acceptors (Lipinski definition) is 5. The molecule has 5 heteroatoms. The summed E-state index contributed by atoms with van der Waals surface area (Å²) >= 11 is 0. The van der Waals surface area contributed by atoms with Crippen LogP contribution in [0.2, 0.25) is 0 Å². The van der Waals surface area contributed by atoms with E-state index in [1.54, 1.807) is 13.8 Å². The minimum absolute atomic E-state index is 0.0590. The molecule has 3 N–H and O–H groups in total. The van der Waals surface area contributed by atoms with E-state index in [0.29, 0.717) is 12.8 Å². The summed E-state index contributed by atoms with van der Waals surface area (Å²) < 4.78 is 5.17. The fourth-order valence-corrected chi connectivity index (χ4v) is 1.33. The molecule has 0 heterocycles. The summed E-state index contributed by atoms with van der Waals surface area (Å²) in [6.07, 6.45) is 3.63. The molecule has 1 atom stereocenters. The summed E-state index contributed by atoms with van der Waals surface area (Å²) in [6, 6.07) is 0. The second-order valence-corrected chi connectivity index (χ2v) is 5.85. The third kappa shape index (κ3) is 22.4. The Morgan fingerprint density at radius 3 is 2.15 bits per heavy atom. The topological polar surface area (TPSA) is 90.6 Å². The van der Waals surface area contributed by atoms with Gasteiger partial charge in [-0.1, -0.05) is 26.7 Å². The summed E-state index contributed by atoms with van der Waals surface area (Å²) in [7, 11) is 0. The number of carbonyl (C=O) groups excluding carboxylic acids is 1. The number of Topliss-reactive ketones (excluding diaryl/α,β-unsaturated/α-hetero) is 1. The fourth-order valence-electron chi connectivity index (χ4n) is 1.33. The third-order valence-electron chi connectivity index (χ3n) is 2.29. The zero-order chi connectivity index (χ0) is 16.2. The predicted molar refractivity (Wildman–Crippen MR) is 81.0 cm³/mol. The van der Waals surface area contributed by atoms with Crippen LogP contribution in [0.5, 0.6) is 0 Å². The van der Waals surface area contributed by atoms with Crippen molar-refractivity contribution in [2.75, 3.05) is 6.61 Å². The van der Waals surface area contributed by atoms with Crippen LogP contribution >= 0.6 is 0 Å². The number of hydrogen-bond donors (Lipinski definition) is 3. The van der Waals surface area contributed by atoms with Crippen molar-refractivity contribution >= 4 is 12.0 Å². The fraction of sp³-hybridized carbons (Fsp3) is 0.867. The van der Waals surface area contributed by atoms with Crippen LogP contribution < -0.4 is 0 Å². The average molecular weight is 289 g/mol. The van der Waals surface area contributed by atoms with E-state index in [1.807, 2.05) is 0 Å². The molecule has 0 aromatic carbocycles. The van der Waals surface area contributed by atoms with Crippen LogP contribution in [0.25, 0.3) is 0 Å². The summed E-state index contributed by atoms with van der Waals surface area (Å²) in [5, 5.41) is 24.2. The number of aliphatic hydroxyl groups is 2. The van der Waals surface area contributed by atoms with Gasteiger partial charge in [-0.05, 0) is 33.1 Å². The normalized spacial score (nSPS) is 12.6. The van der Waals surface area contributed by atoms with Gasteiger partial charge < -0.3 is 20.4 Å². The van der Waals surface area contributed by atoms with Crippen LogP contribution in [-0.2, 0) is 9.53 Å². The van der Waals surface area contributed by atoms with Gasteiger partial charge in [-0.25, -0.2) is 0 Å². The van der Waals surface area contributed by atoms with Crippen molar-refractivity contribution < 1.29 is 19.7 Å². The van der Waals surface area contributed by atoms with Crippen LogP contribution in [0.15, 0.2) is 0 Å². The van der Waals surface area contributed by atoms with Gasteiger partial charge in [0.05, 0.1) is 12.3 Å². The molecule has 0 saturated carbocycles. The molecule has 0 amide bonds. The molecule has 0 radical (unpaired) electrons. The Morgan fingerprint density at radius 2 is 1.85 bits per heavy atom. The van der Waals surface area contributed by atoms with Crippen LogP contribution in [0.1, 0.15) is 60.3 Å². The van der Waals surface area contributed by atoms with Crippen molar-refractivity contribution in [1.29, 1.82) is 5.41 Å². The lowest BCUT2D eigenvalue weighted by Crippen LogP contribution is -2.23. The highest BCUT2D eigenvalue weighted by Crippen LogP contribution is 2.09. The molecule has 0 spiro atoms. The van der Waals surface area contributed by atoms with Gasteiger partial charge in [-0.2, -0.15) is 0 Å². The van der Waals surface area contributed by atoms with Gasteiger partial charge in [0, 0.05) is 13.0 Å². The maximum absolute atomic E-state index is 10.2. The molecular weight excluding hydrogens is 258 g/mol. The van der Waals surface area contributed by atoms with Crippen molar-refractivity contribution in [2.24, 2.45) is 5.92 Å². The van der Waals surface area contributed by atoms with E-state index >= 15 is 0 Å². The van der Waals surface area contributed by atoms with Gasteiger partial charge in [-0.3, -0.25) is 4.79 Å². The first-order chi connectivity index (χ1) is 9.08. The Labute approximate surface area is 122 Å². The van der Waals surface area contributed by atoms with Gasteiger partial charge in [-0.15, -0.1) is 0 Å². The Hall–Kier alpha value is -0.780. The Morgan fingerprint density at radius 1 is 1.30 bits per heavy atom. The van der Waals surface area contributed by atoms with Gasteiger partial charge in [0.25, 0.3) is 0 Å². The standard InChI is InChI=1S/C10H22O2.C5H9NO2/c1-9(2)7-5-6-8-12-10(3,4)11;1-4(7)2-5(8)3-6/h9,11H,5-8H2,1-4H3;3-4,6-7H,2H2,1H3. The highest BCUT2D eigenvalue weighted by molar-refractivity contribution is 6.26. The zero-order valence-corrected chi connectivity index (χ0v) is 13.5.